The Hall–Kier alpha value is -0.668. The zero-order valence-corrected chi connectivity index (χ0v) is 15.8. The zero-order chi connectivity index (χ0) is 13.8. The molecule has 3 aromatic carbocycles. The molecule has 0 radical (unpaired) electrons. The summed E-state index contributed by atoms with van der Waals surface area (Å²) in [5, 5.41) is 4.17. The van der Waals surface area contributed by atoms with Crippen molar-refractivity contribution in [2.24, 2.45) is 0 Å². The molecule has 22 heavy (non-hydrogen) atoms. The van der Waals surface area contributed by atoms with E-state index in [1.807, 2.05) is 0 Å². The van der Waals surface area contributed by atoms with Crippen LogP contribution in [0.2, 0.25) is 0 Å². The number of hydrogen-bond acceptors (Lipinski definition) is 0. The normalized spacial score (nSPS) is 11.0. The Balaban J connectivity index is 0.00000121. The van der Waals surface area contributed by atoms with Gasteiger partial charge in [0.1, 0.15) is 0 Å². The first-order valence-corrected chi connectivity index (χ1v) is 10.8. The van der Waals surface area contributed by atoms with Crippen molar-refractivity contribution in [3.8, 4) is 0 Å². The van der Waals surface area contributed by atoms with Gasteiger partial charge >= 0.3 is 131 Å². The topological polar surface area (TPSA) is 0 Å². The van der Waals surface area contributed by atoms with Crippen LogP contribution in [-0.2, 0) is 18.7 Å². The molecule has 0 unspecified atom stereocenters. The summed E-state index contributed by atoms with van der Waals surface area (Å²) in [4.78, 5) is 0. The molecule has 0 aromatic heterocycles. The first-order valence-electron chi connectivity index (χ1n) is 6.64. The molecule has 0 saturated carbocycles. The molecule has 0 N–H and O–H groups in total. The van der Waals surface area contributed by atoms with Crippen LogP contribution >= 0.6 is 5.45 Å². The number of hydrogen-bond donors (Lipinski definition) is 0. The van der Waals surface area contributed by atoms with Crippen molar-refractivity contribution < 1.29 is 43.5 Å². The molecule has 0 aliphatic rings. The van der Waals surface area contributed by atoms with Crippen molar-refractivity contribution in [3.05, 3.63) is 91.0 Å². The molecule has 0 amide bonds. The minimum absolute atomic E-state index is 0. The summed E-state index contributed by atoms with van der Waals surface area (Å²) in [5.41, 5.74) is -2.03. The van der Waals surface area contributed by atoms with E-state index in [0.717, 1.165) is 0 Å². The van der Waals surface area contributed by atoms with Crippen LogP contribution in [0.5, 0.6) is 0 Å². The molecule has 0 fully saturated rings. The molecule has 0 aliphatic carbocycles. The summed E-state index contributed by atoms with van der Waals surface area (Å²) in [5.74, 6) is 0. The molecule has 0 atom stereocenters. The molecule has 3 rings (SSSR count). The quantitative estimate of drug-likeness (QED) is 0.305. The van der Waals surface area contributed by atoms with Gasteiger partial charge < -0.3 is 24.8 Å². The summed E-state index contributed by atoms with van der Waals surface area (Å²) >= 11 is 3.81. The van der Waals surface area contributed by atoms with Gasteiger partial charge in [-0.05, 0) is 0 Å². The second-order valence-corrected chi connectivity index (χ2v) is 11.2. The summed E-state index contributed by atoms with van der Waals surface area (Å²) in [6.45, 7) is 0. The molecule has 0 nitrogen and oxygen atoms in total. The maximum absolute atomic E-state index is 3.81. The molecule has 4 heteroatoms. The van der Waals surface area contributed by atoms with Crippen LogP contribution in [-0.4, -0.2) is 0 Å². The second-order valence-electron chi connectivity index (χ2n) is 4.71. The van der Waals surface area contributed by atoms with E-state index in [1.54, 1.807) is 0 Å². The maximum atomic E-state index is 3.81. The van der Waals surface area contributed by atoms with Gasteiger partial charge in [-0.2, -0.15) is 0 Å². The van der Waals surface area contributed by atoms with Crippen molar-refractivity contribution in [1.29, 1.82) is 0 Å². The number of benzene rings is 3. The van der Waals surface area contributed by atoms with E-state index >= 15 is 0 Å². The fourth-order valence-corrected chi connectivity index (χ4v) is 7.70. The van der Waals surface area contributed by atoms with E-state index in [-0.39, 0.29) is 24.8 Å². The Morgan fingerprint density at radius 1 is 0.455 bits per heavy atom. The summed E-state index contributed by atoms with van der Waals surface area (Å²) in [7, 11) is 0. The number of halogens is 2. The van der Waals surface area contributed by atoms with Gasteiger partial charge in [0.2, 0.25) is 0 Å². The Morgan fingerprint density at radius 2 is 0.682 bits per heavy atom. The summed E-state index contributed by atoms with van der Waals surface area (Å²) in [6.07, 6.45) is 0. The molecular formula is C18H16Cl2PPd. The van der Waals surface area contributed by atoms with Crippen LogP contribution in [0.4, 0.5) is 0 Å². The van der Waals surface area contributed by atoms with Crippen LogP contribution in [0.25, 0.3) is 0 Å². The van der Waals surface area contributed by atoms with E-state index in [0.29, 0.717) is 0 Å². The third-order valence-electron chi connectivity index (χ3n) is 3.46. The van der Waals surface area contributed by atoms with E-state index < -0.39 is 5.45 Å². The van der Waals surface area contributed by atoms with Gasteiger partial charge in [-0.25, -0.2) is 0 Å². The third-order valence-corrected chi connectivity index (χ3v) is 10.8. The van der Waals surface area contributed by atoms with Gasteiger partial charge in [0.05, 0.1) is 0 Å². The molecule has 0 bridgehead atoms. The van der Waals surface area contributed by atoms with Crippen molar-refractivity contribution in [1.82, 2.24) is 0 Å². The third kappa shape index (κ3) is 3.80. The van der Waals surface area contributed by atoms with Crippen LogP contribution in [0.15, 0.2) is 91.0 Å². The van der Waals surface area contributed by atoms with Gasteiger partial charge in [-0.1, -0.05) is 0 Å². The first-order chi connectivity index (χ1) is 9.82. The van der Waals surface area contributed by atoms with Crippen molar-refractivity contribution >= 4 is 21.4 Å². The molecule has 0 spiro atoms. The predicted molar refractivity (Wildman–Crippen MR) is 86.5 cm³/mol. The average molecular weight is 441 g/mol. The molecular weight excluding hydrogens is 424 g/mol. The SMILES string of the molecule is [Cl-].[Cl-].[Pd+2][PH](c1ccccc1)(c1ccccc1)c1ccccc1. The zero-order valence-electron chi connectivity index (χ0n) is 11.7. The molecule has 0 heterocycles. The minimum atomic E-state index is -2.03. The fraction of sp³-hybridized carbons (Fsp3) is 0. The van der Waals surface area contributed by atoms with Gasteiger partial charge in [0.25, 0.3) is 0 Å². The monoisotopic (exact) mass is 439 g/mol. The standard InChI is InChI=1S/C18H15P.2ClH.Pd/c1-4-10-16(11-5-1)19(17-12-6-2-7-13-17)18-14-8-3-9-15-18;;;/h1-15H;2*1H;/q;;;+1/p-1. The van der Waals surface area contributed by atoms with Gasteiger partial charge in [-0.15, -0.1) is 0 Å². The van der Waals surface area contributed by atoms with E-state index in [1.165, 1.54) is 15.9 Å². The van der Waals surface area contributed by atoms with Crippen molar-refractivity contribution in [2.75, 3.05) is 0 Å². The fourth-order valence-electron chi connectivity index (χ4n) is 2.47. The average Bonchev–Trinajstić information content (AvgIpc) is 2.56. The van der Waals surface area contributed by atoms with E-state index in [2.05, 4.69) is 110 Å². The van der Waals surface area contributed by atoms with E-state index in [9.17, 15) is 0 Å². The Labute approximate surface area is 155 Å². The predicted octanol–water partition coefficient (Wildman–Crippen LogP) is -2.82. The van der Waals surface area contributed by atoms with Crippen LogP contribution in [0.3, 0.4) is 0 Å². The van der Waals surface area contributed by atoms with Gasteiger partial charge in [0.15, 0.2) is 0 Å². The summed E-state index contributed by atoms with van der Waals surface area (Å²) in [6, 6.07) is 32.3. The Morgan fingerprint density at radius 3 is 0.909 bits per heavy atom. The Bertz CT molecular complexity index is 579. The van der Waals surface area contributed by atoms with Crippen LogP contribution in [0.1, 0.15) is 0 Å². The first kappa shape index (κ1) is 19.4. The second kappa shape index (κ2) is 8.83. The van der Waals surface area contributed by atoms with Gasteiger partial charge in [-0.3, -0.25) is 0 Å². The van der Waals surface area contributed by atoms with Gasteiger partial charge in [0, 0.05) is 0 Å². The van der Waals surface area contributed by atoms with Crippen molar-refractivity contribution in [3.63, 3.8) is 0 Å². The van der Waals surface area contributed by atoms with Crippen LogP contribution < -0.4 is 40.7 Å². The Kier molecular flexibility index (Phi) is 7.78. The molecule has 0 aliphatic heterocycles. The number of rotatable bonds is 3. The molecule has 117 valence electrons. The molecule has 0 saturated heterocycles. The van der Waals surface area contributed by atoms with E-state index in [4.69, 9.17) is 0 Å². The molecule has 3 aromatic rings. The summed E-state index contributed by atoms with van der Waals surface area (Å²) < 4.78 is 0. The van der Waals surface area contributed by atoms with Crippen LogP contribution in [0, 0.1) is 0 Å². The van der Waals surface area contributed by atoms with Crippen molar-refractivity contribution in [2.45, 2.75) is 0 Å².